The Balaban J connectivity index is 1.92. The minimum atomic E-state index is -0.460. The maximum atomic E-state index is 6.36. The second-order valence-electron chi connectivity index (χ2n) is 5.26. The van der Waals surface area contributed by atoms with Gasteiger partial charge in [-0.25, -0.2) is 9.97 Å². The third-order valence-corrected chi connectivity index (χ3v) is 4.70. The molecule has 0 aliphatic rings. The van der Waals surface area contributed by atoms with Crippen LogP contribution < -0.4 is 0 Å². The van der Waals surface area contributed by atoms with Crippen molar-refractivity contribution in [2.24, 2.45) is 0 Å². The second kappa shape index (κ2) is 8.35. The van der Waals surface area contributed by atoms with E-state index in [0.717, 1.165) is 16.7 Å². The van der Waals surface area contributed by atoms with Crippen LogP contribution in [0.3, 0.4) is 0 Å². The van der Waals surface area contributed by atoms with Crippen LogP contribution in [-0.2, 0) is 11.3 Å². The molecule has 3 nitrogen and oxygen atoms in total. The number of halogens is 4. The molecule has 3 aromatic rings. The lowest BCUT2D eigenvalue weighted by Crippen LogP contribution is -2.08. The van der Waals surface area contributed by atoms with Gasteiger partial charge in [-0.1, -0.05) is 58.5 Å². The van der Waals surface area contributed by atoms with E-state index in [1.807, 2.05) is 12.1 Å². The van der Waals surface area contributed by atoms with Gasteiger partial charge in [-0.3, -0.25) is 0 Å². The molecule has 0 spiro atoms. The first kappa shape index (κ1) is 18.4. The lowest BCUT2D eigenvalue weighted by Gasteiger charge is -2.20. The number of hydrogen-bond donors (Lipinski definition) is 0. The van der Waals surface area contributed by atoms with Crippen LogP contribution >= 0.6 is 46.4 Å². The molecule has 0 saturated carbocycles. The summed E-state index contributed by atoms with van der Waals surface area (Å²) in [5.41, 5.74) is 2.36. The monoisotopic (exact) mass is 412 g/mol. The van der Waals surface area contributed by atoms with Crippen LogP contribution in [0.5, 0.6) is 0 Å². The largest absolute Gasteiger partial charge is 0.364 e. The zero-order valence-electron chi connectivity index (χ0n) is 12.8. The van der Waals surface area contributed by atoms with E-state index in [0.29, 0.717) is 20.1 Å². The first-order valence-corrected chi connectivity index (χ1v) is 8.81. The predicted molar refractivity (Wildman–Crippen MR) is 102 cm³/mol. The number of benzene rings is 2. The van der Waals surface area contributed by atoms with Crippen LogP contribution in [0, 0.1) is 0 Å². The first-order valence-electron chi connectivity index (χ1n) is 7.30. The summed E-state index contributed by atoms with van der Waals surface area (Å²) in [5.74, 6) is 0. The Labute approximate surface area is 165 Å². The third-order valence-electron chi connectivity index (χ3n) is 3.55. The normalized spacial score (nSPS) is 12.2. The maximum Gasteiger partial charge on any atom is 0.115 e. The van der Waals surface area contributed by atoms with Gasteiger partial charge in [0.25, 0.3) is 0 Å². The number of hydrogen-bond acceptors (Lipinski definition) is 3. The summed E-state index contributed by atoms with van der Waals surface area (Å²) >= 11 is 24.5. The van der Waals surface area contributed by atoms with Gasteiger partial charge in [0, 0.05) is 43.6 Å². The molecule has 7 heteroatoms. The van der Waals surface area contributed by atoms with Gasteiger partial charge in [-0.2, -0.15) is 0 Å². The standard InChI is InChI=1S/C18H12Cl4N2O/c19-13-2-1-11(16(21)5-13)9-25-18(12-7-23-10-24-8-12)15-4-3-14(20)6-17(15)22/h1-8,10,18H,9H2. The van der Waals surface area contributed by atoms with Crippen LogP contribution in [0.4, 0.5) is 0 Å². The third kappa shape index (κ3) is 4.63. The van der Waals surface area contributed by atoms with Crippen molar-refractivity contribution in [3.05, 3.63) is 91.9 Å². The summed E-state index contributed by atoms with van der Waals surface area (Å²) in [6.07, 6.45) is 4.37. The highest BCUT2D eigenvalue weighted by atomic mass is 35.5. The van der Waals surface area contributed by atoms with Gasteiger partial charge < -0.3 is 4.74 Å². The lowest BCUT2D eigenvalue weighted by atomic mass is 10.0. The average molecular weight is 414 g/mol. The van der Waals surface area contributed by atoms with Crippen LogP contribution in [0.15, 0.2) is 55.1 Å². The Hall–Kier alpha value is -1.36. The van der Waals surface area contributed by atoms with Gasteiger partial charge in [0.05, 0.1) is 6.61 Å². The number of rotatable bonds is 5. The highest BCUT2D eigenvalue weighted by Crippen LogP contribution is 2.34. The Bertz CT molecular complexity index is 874. The summed E-state index contributed by atoms with van der Waals surface area (Å²) in [7, 11) is 0. The fourth-order valence-electron chi connectivity index (χ4n) is 2.34. The molecule has 0 aliphatic heterocycles. The molecular weight excluding hydrogens is 402 g/mol. The van der Waals surface area contributed by atoms with Crippen LogP contribution in [0.1, 0.15) is 22.8 Å². The zero-order valence-corrected chi connectivity index (χ0v) is 15.8. The molecule has 0 radical (unpaired) electrons. The van der Waals surface area contributed by atoms with Gasteiger partial charge in [0.15, 0.2) is 0 Å². The molecule has 1 heterocycles. The Morgan fingerprint density at radius 1 is 0.840 bits per heavy atom. The Morgan fingerprint density at radius 3 is 2.12 bits per heavy atom. The molecule has 0 aliphatic carbocycles. The van der Waals surface area contributed by atoms with Crippen molar-refractivity contribution < 1.29 is 4.74 Å². The second-order valence-corrected chi connectivity index (χ2v) is 6.95. The molecule has 0 amide bonds. The van der Waals surface area contributed by atoms with Crippen molar-refractivity contribution >= 4 is 46.4 Å². The van der Waals surface area contributed by atoms with E-state index in [9.17, 15) is 0 Å². The number of nitrogens with zero attached hydrogens (tertiary/aromatic N) is 2. The fraction of sp³-hybridized carbons (Fsp3) is 0.111. The molecule has 1 unspecified atom stereocenters. The van der Waals surface area contributed by atoms with Crippen molar-refractivity contribution in [1.29, 1.82) is 0 Å². The van der Waals surface area contributed by atoms with Crippen molar-refractivity contribution in [3.8, 4) is 0 Å². The van der Waals surface area contributed by atoms with Crippen molar-refractivity contribution in [2.75, 3.05) is 0 Å². The number of ether oxygens (including phenoxy) is 1. The minimum Gasteiger partial charge on any atom is -0.364 e. The molecule has 25 heavy (non-hydrogen) atoms. The summed E-state index contributed by atoms with van der Waals surface area (Å²) in [5, 5.41) is 2.17. The van der Waals surface area contributed by atoms with Gasteiger partial charge in [0.2, 0.25) is 0 Å². The molecule has 1 aromatic heterocycles. The molecule has 0 bridgehead atoms. The smallest absolute Gasteiger partial charge is 0.115 e. The van der Waals surface area contributed by atoms with E-state index in [4.69, 9.17) is 51.1 Å². The van der Waals surface area contributed by atoms with E-state index in [1.165, 1.54) is 6.33 Å². The van der Waals surface area contributed by atoms with E-state index >= 15 is 0 Å². The molecule has 3 rings (SSSR count). The Morgan fingerprint density at radius 2 is 1.48 bits per heavy atom. The SMILES string of the molecule is Clc1ccc(COC(c2cncnc2)c2ccc(Cl)cc2Cl)c(Cl)c1. The lowest BCUT2D eigenvalue weighted by molar-refractivity contribution is 0.0664. The zero-order chi connectivity index (χ0) is 17.8. The van der Waals surface area contributed by atoms with E-state index in [2.05, 4.69) is 9.97 Å². The van der Waals surface area contributed by atoms with E-state index in [-0.39, 0.29) is 6.61 Å². The molecule has 0 saturated heterocycles. The molecule has 0 fully saturated rings. The van der Waals surface area contributed by atoms with Crippen LogP contribution in [-0.4, -0.2) is 9.97 Å². The molecule has 2 aromatic carbocycles. The first-order chi connectivity index (χ1) is 12.0. The van der Waals surface area contributed by atoms with Gasteiger partial charge in [-0.05, 0) is 29.8 Å². The summed E-state index contributed by atoms with van der Waals surface area (Å²) < 4.78 is 6.11. The predicted octanol–water partition coefficient (Wildman–Crippen LogP) is 6.40. The van der Waals surface area contributed by atoms with Crippen molar-refractivity contribution in [1.82, 2.24) is 9.97 Å². The van der Waals surface area contributed by atoms with Gasteiger partial charge in [-0.15, -0.1) is 0 Å². The average Bonchev–Trinajstić information content (AvgIpc) is 2.59. The van der Waals surface area contributed by atoms with E-state index < -0.39 is 6.10 Å². The van der Waals surface area contributed by atoms with Gasteiger partial charge >= 0.3 is 0 Å². The van der Waals surface area contributed by atoms with Crippen LogP contribution in [0.2, 0.25) is 20.1 Å². The van der Waals surface area contributed by atoms with Gasteiger partial charge in [0.1, 0.15) is 12.4 Å². The highest BCUT2D eigenvalue weighted by molar-refractivity contribution is 6.35. The minimum absolute atomic E-state index is 0.272. The molecular formula is C18H12Cl4N2O. The summed E-state index contributed by atoms with van der Waals surface area (Å²) in [4.78, 5) is 8.12. The summed E-state index contributed by atoms with van der Waals surface area (Å²) in [6.45, 7) is 0.272. The Kier molecular flexibility index (Phi) is 6.15. The van der Waals surface area contributed by atoms with Crippen molar-refractivity contribution in [2.45, 2.75) is 12.7 Å². The highest BCUT2D eigenvalue weighted by Gasteiger charge is 2.19. The topological polar surface area (TPSA) is 35.0 Å². The quantitative estimate of drug-likeness (QED) is 0.485. The molecule has 1 atom stereocenters. The fourth-order valence-corrected chi connectivity index (χ4v) is 3.31. The van der Waals surface area contributed by atoms with E-state index in [1.54, 1.807) is 36.7 Å². The summed E-state index contributed by atoms with van der Waals surface area (Å²) in [6, 6.07) is 10.5. The molecule has 128 valence electrons. The van der Waals surface area contributed by atoms with Crippen LogP contribution in [0.25, 0.3) is 0 Å². The number of aromatic nitrogens is 2. The maximum absolute atomic E-state index is 6.36. The van der Waals surface area contributed by atoms with Crippen molar-refractivity contribution in [3.63, 3.8) is 0 Å². The molecule has 0 N–H and O–H groups in total.